The lowest BCUT2D eigenvalue weighted by molar-refractivity contribution is -0.165. The summed E-state index contributed by atoms with van der Waals surface area (Å²) >= 11 is 0. The molecule has 0 saturated carbocycles. The minimum absolute atomic E-state index is 0.0799. The van der Waals surface area contributed by atoms with E-state index in [1.807, 2.05) is 0 Å². The van der Waals surface area contributed by atoms with Crippen LogP contribution in [0.15, 0.2) is 0 Å². The number of hydrogen-bond acceptors (Lipinski definition) is 5. The zero-order valence-corrected chi connectivity index (χ0v) is 23.9. The fourth-order valence-electron chi connectivity index (χ4n) is 4.86. The van der Waals surface area contributed by atoms with Crippen LogP contribution in [0, 0.1) is 0 Å². The first kappa shape index (κ1) is 35.2. The van der Waals surface area contributed by atoms with Crippen LogP contribution in [0.3, 0.4) is 0 Å². The van der Waals surface area contributed by atoms with Crippen molar-refractivity contribution in [2.24, 2.45) is 0 Å². The van der Waals surface area contributed by atoms with Gasteiger partial charge in [-0.1, -0.05) is 142 Å². The molecule has 3 N–H and O–H groups in total. The van der Waals surface area contributed by atoms with Crippen LogP contribution in [-0.2, 0) is 9.59 Å². The minimum Gasteiger partial charge on any atom is -0.393 e. The lowest BCUT2D eigenvalue weighted by Crippen LogP contribution is -2.55. The van der Waals surface area contributed by atoms with Crippen LogP contribution >= 0.6 is 0 Å². The first-order chi connectivity index (χ1) is 17.4. The van der Waals surface area contributed by atoms with Gasteiger partial charge in [-0.2, -0.15) is 0 Å². The van der Waals surface area contributed by atoms with Gasteiger partial charge >= 0.3 is 0 Å². The first-order valence-electron chi connectivity index (χ1n) is 15.5. The molecule has 0 rings (SSSR count). The van der Waals surface area contributed by atoms with Crippen molar-refractivity contribution in [1.82, 2.24) is 0 Å². The summed E-state index contributed by atoms with van der Waals surface area (Å²) in [5, 5.41) is 30.4. The second kappa shape index (κ2) is 24.6. The highest BCUT2D eigenvalue weighted by Gasteiger charge is 2.45. The fourth-order valence-corrected chi connectivity index (χ4v) is 4.86. The van der Waals surface area contributed by atoms with Gasteiger partial charge in [-0.25, -0.2) is 0 Å². The molecule has 5 nitrogen and oxygen atoms in total. The van der Waals surface area contributed by atoms with Gasteiger partial charge in [-0.3, -0.25) is 9.59 Å². The maximum absolute atomic E-state index is 12.5. The Hall–Kier alpha value is -0.780. The molecule has 36 heavy (non-hydrogen) atoms. The predicted octanol–water partition coefficient (Wildman–Crippen LogP) is 7.61. The van der Waals surface area contributed by atoms with Gasteiger partial charge in [0.15, 0.2) is 23.3 Å². The van der Waals surface area contributed by atoms with Crippen LogP contribution in [0.1, 0.15) is 168 Å². The van der Waals surface area contributed by atoms with Crippen molar-refractivity contribution < 1.29 is 24.9 Å². The zero-order valence-electron chi connectivity index (χ0n) is 23.9. The largest absolute Gasteiger partial charge is 0.393 e. The van der Waals surface area contributed by atoms with Gasteiger partial charge in [-0.05, 0) is 12.8 Å². The molecule has 0 aromatic heterocycles. The summed E-state index contributed by atoms with van der Waals surface area (Å²) in [7, 11) is 0. The number of ketones is 2. The Bertz CT molecular complexity index is 521. The molecule has 0 spiro atoms. The van der Waals surface area contributed by atoms with Crippen LogP contribution in [0.2, 0.25) is 0 Å². The van der Waals surface area contributed by atoms with Gasteiger partial charge in [0.05, 0.1) is 6.61 Å². The van der Waals surface area contributed by atoms with Crippen molar-refractivity contribution in [2.75, 3.05) is 6.61 Å². The number of aliphatic hydroxyl groups is 3. The van der Waals surface area contributed by atoms with Crippen molar-refractivity contribution in [3.05, 3.63) is 0 Å². The number of carbonyl (C=O) groups excluding carboxylic acids is 2. The van der Waals surface area contributed by atoms with E-state index in [0.29, 0.717) is 12.8 Å². The summed E-state index contributed by atoms with van der Waals surface area (Å²) in [5.41, 5.74) is -2.37. The summed E-state index contributed by atoms with van der Waals surface area (Å²) < 4.78 is 0. The molecule has 0 heterocycles. The van der Waals surface area contributed by atoms with Gasteiger partial charge < -0.3 is 15.3 Å². The van der Waals surface area contributed by atoms with E-state index in [0.717, 1.165) is 44.9 Å². The minimum atomic E-state index is -2.37. The molecule has 0 bridgehead atoms. The normalized spacial score (nSPS) is 14.0. The van der Waals surface area contributed by atoms with Gasteiger partial charge in [0, 0.05) is 12.8 Å². The fraction of sp³-hybridized carbons (Fsp3) is 0.935. The van der Waals surface area contributed by atoms with Crippen molar-refractivity contribution >= 4 is 11.6 Å². The van der Waals surface area contributed by atoms with E-state index >= 15 is 0 Å². The second-order valence-corrected chi connectivity index (χ2v) is 10.9. The molecule has 214 valence electrons. The van der Waals surface area contributed by atoms with Crippen molar-refractivity contribution in [1.29, 1.82) is 0 Å². The summed E-state index contributed by atoms with van der Waals surface area (Å²) in [4.78, 5) is 24.7. The van der Waals surface area contributed by atoms with E-state index < -0.39 is 29.9 Å². The van der Waals surface area contributed by atoms with E-state index in [4.69, 9.17) is 0 Å². The molecule has 0 aliphatic rings. The third-order valence-corrected chi connectivity index (χ3v) is 7.52. The molecule has 0 aromatic carbocycles. The topological polar surface area (TPSA) is 94.8 Å². The van der Waals surface area contributed by atoms with Crippen molar-refractivity contribution in [2.45, 2.75) is 180 Å². The zero-order chi connectivity index (χ0) is 26.9. The van der Waals surface area contributed by atoms with Crippen molar-refractivity contribution in [3.8, 4) is 0 Å². The summed E-state index contributed by atoms with van der Waals surface area (Å²) in [5.74, 6) is -1.18. The van der Waals surface area contributed by atoms with Crippen LogP contribution in [0.5, 0.6) is 0 Å². The lowest BCUT2D eigenvalue weighted by atomic mass is 9.85. The molecule has 0 radical (unpaired) electrons. The quantitative estimate of drug-likeness (QED) is 0.0938. The monoisotopic (exact) mass is 512 g/mol. The summed E-state index contributed by atoms with van der Waals surface area (Å²) in [6, 6.07) is 0. The Labute approximate surface area is 222 Å². The molecule has 5 heteroatoms. The Morgan fingerprint density at radius 3 is 1.19 bits per heavy atom. The highest BCUT2D eigenvalue weighted by Crippen LogP contribution is 2.20. The number of aliphatic hydroxyl groups excluding tert-OH is 2. The first-order valence-corrected chi connectivity index (χ1v) is 15.5. The van der Waals surface area contributed by atoms with Crippen LogP contribution in [-0.4, -0.2) is 45.2 Å². The number of carbonyl (C=O) groups is 2. The van der Waals surface area contributed by atoms with Crippen LogP contribution in [0.4, 0.5) is 0 Å². The maximum Gasteiger partial charge on any atom is 0.178 e. The summed E-state index contributed by atoms with van der Waals surface area (Å²) in [6.45, 7) is 3.45. The third kappa shape index (κ3) is 17.6. The predicted molar refractivity (Wildman–Crippen MR) is 150 cm³/mol. The lowest BCUT2D eigenvalue weighted by Gasteiger charge is -2.29. The smallest absolute Gasteiger partial charge is 0.178 e. The van der Waals surface area contributed by atoms with E-state index in [1.54, 1.807) is 0 Å². The molecule has 0 aliphatic carbocycles. The molecule has 0 saturated heterocycles. The van der Waals surface area contributed by atoms with Gasteiger partial charge in [0.25, 0.3) is 0 Å². The van der Waals surface area contributed by atoms with E-state index in [-0.39, 0.29) is 12.8 Å². The average Bonchev–Trinajstić information content (AvgIpc) is 2.89. The molecule has 2 atom stereocenters. The maximum atomic E-state index is 12.5. The van der Waals surface area contributed by atoms with E-state index in [9.17, 15) is 24.9 Å². The standard InChI is InChI=1S/C31H60O5/c1-3-5-7-9-10-11-12-13-14-15-16-17-18-19-20-22-24-26-29(34)31(36,27-32)30(35)28(33)25-23-21-8-6-4-2/h30,32,35-36H,3-27H2,1-2H3. The van der Waals surface area contributed by atoms with Crippen LogP contribution < -0.4 is 0 Å². The van der Waals surface area contributed by atoms with Gasteiger partial charge in [-0.15, -0.1) is 0 Å². The molecule has 2 unspecified atom stereocenters. The number of hydrogen-bond donors (Lipinski definition) is 3. The molecule has 0 aliphatic heterocycles. The van der Waals surface area contributed by atoms with Crippen molar-refractivity contribution in [3.63, 3.8) is 0 Å². The Kier molecular flexibility index (Phi) is 24.0. The molecular weight excluding hydrogens is 452 g/mol. The van der Waals surface area contributed by atoms with E-state index in [1.165, 1.54) is 83.5 Å². The second-order valence-electron chi connectivity index (χ2n) is 10.9. The molecule has 0 amide bonds. The number of rotatable bonds is 28. The number of unbranched alkanes of at least 4 members (excludes halogenated alkanes) is 20. The Morgan fingerprint density at radius 1 is 0.556 bits per heavy atom. The van der Waals surface area contributed by atoms with Gasteiger partial charge in [0.2, 0.25) is 0 Å². The Morgan fingerprint density at radius 2 is 0.861 bits per heavy atom. The third-order valence-electron chi connectivity index (χ3n) is 7.52. The SMILES string of the molecule is CCCCCCCCCCCCCCCCCCCC(=O)C(O)(CO)C(O)C(=O)CCCCCCC. The van der Waals surface area contributed by atoms with Crippen LogP contribution in [0.25, 0.3) is 0 Å². The molecule has 0 aromatic rings. The summed E-state index contributed by atoms with van der Waals surface area (Å²) in [6.07, 6.45) is 24.4. The Balaban J connectivity index is 3.77. The highest BCUT2D eigenvalue weighted by molar-refractivity contribution is 5.96. The molecule has 0 fully saturated rings. The van der Waals surface area contributed by atoms with Gasteiger partial charge in [0.1, 0.15) is 0 Å². The number of Topliss-reactive ketones (excluding diaryl/α,β-unsaturated/α-hetero) is 2. The molecular formula is C31H60O5. The highest BCUT2D eigenvalue weighted by atomic mass is 16.4. The van der Waals surface area contributed by atoms with E-state index in [2.05, 4.69) is 13.8 Å². The average molecular weight is 513 g/mol.